The number of hydrogen-bond acceptors (Lipinski definition) is 1. The Bertz CT molecular complexity index is 2100. The lowest BCUT2D eigenvalue weighted by Crippen LogP contribution is -2.16. The fraction of sp³-hybridized carbons (Fsp3) is 0.0732. The summed E-state index contributed by atoms with van der Waals surface area (Å²) in [6.45, 7) is 2.93. The Balaban J connectivity index is 1.38. The molecule has 0 spiro atoms. The maximum absolute atomic E-state index is 2.40. The molecule has 43 heavy (non-hydrogen) atoms. The van der Waals surface area contributed by atoms with Gasteiger partial charge in [0.25, 0.3) is 0 Å². The summed E-state index contributed by atoms with van der Waals surface area (Å²) in [6.07, 6.45) is 9.75. The molecule has 2 nitrogen and oxygen atoms in total. The van der Waals surface area contributed by atoms with Crippen molar-refractivity contribution in [3.8, 4) is 16.8 Å². The van der Waals surface area contributed by atoms with Crippen molar-refractivity contribution >= 4 is 44.0 Å². The van der Waals surface area contributed by atoms with E-state index in [1.165, 1.54) is 60.8 Å². The average Bonchev–Trinajstić information content (AvgIpc) is 3.41. The van der Waals surface area contributed by atoms with Gasteiger partial charge in [0.1, 0.15) is 0 Å². The largest absolute Gasteiger partial charge is 0.338 e. The van der Waals surface area contributed by atoms with Crippen LogP contribution in [0.1, 0.15) is 13.3 Å². The van der Waals surface area contributed by atoms with Crippen LogP contribution in [0.3, 0.4) is 0 Å². The highest BCUT2D eigenvalue weighted by Crippen LogP contribution is 2.40. The van der Waals surface area contributed by atoms with Gasteiger partial charge in [-0.1, -0.05) is 122 Å². The van der Waals surface area contributed by atoms with Crippen LogP contribution in [0.25, 0.3) is 49.4 Å². The number of allylic oxidation sites excluding steroid dienone is 3. The number of hydrogen-bond donors (Lipinski definition) is 0. The second kappa shape index (κ2) is 11.9. The van der Waals surface area contributed by atoms with Crippen LogP contribution in [0.4, 0.5) is 11.4 Å². The third kappa shape index (κ3) is 5.13. The third-order valence-electron chi connectivity index (χ3n) is 8.13. The van der Waals surface area contributed by atoms with E-state index in [1.807, 2.05) is 0 Å². The fourth-order valence-corrected chi connectivity index (χ4v) is 6.12. The quantitative estimate of drug-likeness (QED) is 0.170. The lowest BCUT2D eigenvalue weighted by Gasteiger charge is -2.25. The minimum absolute atomic E-state index is 0.771. The summed E-state index contributed by atoms with van der Waals surface area (Å²) in [4.78, 5) is 2.40. The molecule has 208 valence electrons. The SMILES string of the molecule is CC/C=C\C=C/CN(c1cccc(-c2cccc3c2c2ccccc2n3-c2ccccc2)c1)c1ccc2ccccc2c1. The molecule has 1 heterocycles. The van der Waals surface area contributed by atoms with Crippen LogP contribution in [0.5, 0.6) is 0 Å². The van der Waals surface area contributed by atoms with Crippen LogP contribution in [-0.2, 0) is 0 Å². The summed E-state index contributed by atoms with van der Waals surface area (Å²) in [7, 11) is 0. The van der Waals surface area contributed by atoms with Crippen molar-refractivity contribution in [1.29, 1.82) is 0 Å². The first-order valence-corrected chi connectivity index (χ1v) is 15.1. The minimum atomic E-state index is 0.771. The Morgan fingerprint density at radius 3 is 2.19 bits per heavy atom. The molecule has 7 rings (SSSR count). The predicted molar refractivity (Wildman–Crippen MR) is 186 cm³/mol. The molecule has 0 fully saturated rings. The Morgan fingerprint density at radius 2 is 1.30 bits per heavy atom. The molecule has 0 atom stereocenters. The van der Waals surface area contributed by atoms with Crippen molar-refractivity contribution in [2.45, 2.75) is 13.3 Å². The summed E-state index contributed by atoms with van der Waals surface area (Å²) < 4.78 is 2.38. The van der Waals surface area contributed by atoms with Gasteiger partial charge in [-0.25, -0.2) is 0 Å². The Kier molecular flexibility index (Phi) is 7.33. The van der Waals surface area contributed by atoms with E-state index >= 15 is 0 Å². The molecule has 1 aromatic heterocycles. The van der Waals surface area contributed by atoms with Gasteiger partial charge in [0.15, 0.2) is 0 Å². The molecule has 0 saturated heterocycles. The first kappa shape index (κ1) is 26.6. The van der Waals surface area contributed by atoms with Crippen LogP contribution >= 0.6 is 0 Å². The molecule has 2 heteroatoms. The van der Waals surface area contributed by atoms with Gasteiger partial charge >= 0.3 is 0 Å². The van der Waals surface area contributed by atoms with E-state index in [4.69, 9.17) is 0 Å². The lowest BCUT2D eigenvalue weighted by molar-refractivity contribution is 1.10. The number of anilines is 2. The molecule has 0 saturated carbocycles. The summed E-state index contributed by atoms with van der Waals surface area (Å²) in [5, 5.41) is 5.04. The average molecular weight is 555 g/mol. The number of benzene rings is 6. The van der Waals surface area contributed by atoms with E-state index < -0.39 is 0 Å². The molecule has 0 bridgehead atoms. The molecule has 6 aromatic carbocycles. The van der Waals surface area contributed by atoms with Crippen molar-refractivity contribution in [2.75, 3.05) is 11.4 Å². The van der Waals surface area contributed by atoms with Crippen LogP contribution in [0.2, 0.25) is 0 Å². The van der Waals surface area contributed by atoms with Crippen molar-refractivity contribution in [3.05, 3.63) is 164 Å². The van der Waals surface area contributed by atoms with Gasteiger partial charge in [-0.3, -0.25) is 0 Å². The summed E-state index contributed by atoms with van der Waals surface area (Å²) in [5.74, 6) is 0. The summed E-state index contributed by atoms with van der Waals surface area (Å²) in [6, 6.07) is 50.4. The summed E-state index contributed by atoms with van der Waals surface area (Å²) >= 11 is 0. The molecule has 0 N–H and O–H groups in total. The maximum Gasteiger partial charge on any atom is 0.0547 e. The number of fused-ring (bicyclic) bond motifs is 4. The standard InChI is InChI=1S/C41H34N2/c1-2-3-4-5-13-28-42(36-27-26-31-16-9-10-17-32(31)29-36)35-21-14-18-33(30-35)37-23-15-25-40-41(37)38-22-11-12-24-39(38)43(40)34-19-7-6-8-20-34/h3-27,29-30H,2,28H2,1H3/b4-3-,13-5-. The van der Waals surface area contributed by atoms with Crippen LogP contribution in [0, 0.1) is 0 Å². The Hall–Kier alpha value is -5.34. The van der Waals surface area contributed by atoms with E-state index in [2.05, 4.69) is 180 Å². The van der Waals surface area contributed by atoms with Crippen LogP contribution in [0.15, 0.2) is 164 Å². The molecule has 0 unspecified atom stereocenters. The Labute approximate surface area is 253 Å². The monoisotopic (exact) mass is 554 g/mol. The highest BCUT2D eigenvalue weighted by atomic mass is 15.1. The third-order valence-corrected chi connectivity index (χ3v) is 8.13. The van der Waals surface area contributed by atoms with Crippen molar-refractivity contribution in [2.24, 2.45) is 0 Å². The van der Waals surface area contributed by atoms with Crippen molar-refractivity contribution in [1.82, 2.24) is 4.57 Å². The fourth-order valence-electron chi connectivity index (χ4n) is 6.12. The highest BCUT2D eigenvalue weighted by Gasteiger charge is 2.17. The van der Waals surface area contributed by atoms with E-state index in [0.717, 1.165) is 13.0 Å². The van der Waals surface area contributed by atoms with Gasteiger partial charge in [-0.05, 0) is 76.9 Å². The second-order valence-electron chi connectivity index (χ2n) is 10.8. The molecule has 0 amide bonds. The zero-order valence-electron chi connectivity index (χ0n) is 24.4. The van der Waals surface area contributed by atoms with Gasteiger partial charge in [0.2, 0.25) is 0 Å². The zero-order valence-corrected chi connectivity index (χ0v) is 24.4. The molecule has 0 aliphatic carbocycles. The van der Waals surface area contributed by atoms with Crippen LogP contribution < -0.4 is 4.90 Å². The first-order valence-electron chi connectivity index (χ1n) is 15.1. The van der Waals surface area contributed by atoms with E-state index in [0.29, 0.717) is 0 Å². The Morgan fingerprint density at radius 1 is 0.581 bits per heavy atom. The van der Waals surface area contributed by atoms with Crippen LogP contribution in [-0.4, -0.2) is 11.1 Å². The van der Waals surface area contributed by atoms with Gasteiger partial charge in [0.05, 0.1) is 11.0 Å². The van der Waals surface area contributed by atoms with E-state index in [-0.39, 0.29) is 0 Å². The van der Waals surface area contributed by atoms with Crippen molar-refractivity contribution in [3.63, 3.8) is 0 Å². The summed E-state index contributed by atoms with van der Waals surface area (Å²) in [5.41, 5.74) is 8.40. The molecule has 0 aliphatic heterocycles. The van der Waals surface area contributed by atoms with Gasteiger partial charge in [-0.15, -0.1) is 0 Å². The highest BCUT2D eigenvalue weighted by molar-refractivity contribution is 6.15. The topological polar surface area (TPSA) is 8.17 Å². The second-order valence-corrected chi connectivity index (χ2v) is 10.8. The predicted octanol–water partition coefficient (Wildman–Crippen LogP) is 11.3. The lowest BCUT2D eigenvalue weighted by atomic mass is 9.98. The molecule has 0 radical (unpaired) electrons. The molecule has 0 aliphatic rings. The van der Waals surface area contributed by atoms with E-state index in [9.17, 15) is 0 Å². The normalized spacial score (nSPS) is 11.8. The number of nitrogens with zero attached hydrogens (tertiary/aromatic N) is 2. The number of para-hydroxylation sites is 2. The van der Waals surface area contributed by atoms with Gasteiger partial charge in [0, 0.05) is 34.4 Å². The molecule has 7 aromatic rings. The minimum Gasteiger partial charge on any atom is -0.338 e. The number of rotatable bonds is 8. The smallest absolute Gasteiger partial charge is 0.0547 e. The zero-order chi connectivity index (χ0) is 29.0. The van der Waals surface area contributed by atoms with Gasteiger partial charge in [-0.2, -0.15) is 0 Å². The number of aromatic nitrogens is 1. The maximum atomic E-state index is 2.40. The molecular weight excluding hydrogens is 520 g/mol. The van der Waals surface area contributed by atoms with E-state index in [1.54, 1.807) is 0 Å². The molecular formula is C41H34N2. The van der Waals surface area contributed by atoms with Crippen molar-refractivity contribution < 1.29 is 0 Å². The van der Waals surface area contributed by atoms with Gasteiger partial charge < -0.3 is 9.47 Å². The first-order chi connectivity index (χ1) is 21.3.